The molecule has 0 aliphatic heterocycles. The SMILES string of the molecule is CC[C@@H](N)C(=O)Nc1ccc(=O)[nH]n1. The zero-order chi connectivity index (χ0) is 10.6. The van der Waals surface area contributed by atoms with Crippen LogP contribution in [0.4, 0.5) is 5.82 Å². The Bertz CT molecular complexity index is 353. The third-order valence-electron chi connectivity index (χ3n) is 1.71. The van der Waals surface area contributed by atoms with Gasteiger partial charge in [-0.15, -0.1) is 0 Å². The number of hydrogen-bond donors (Lipinski definition) is 3. The molecule has 1 aromatic rings. The van der Waals surface area contributed by atoms with Gasteiger partial charge in [-0.25, -0.2) is 5.10 Å². The van der Waals surface area contributed by atoms with Crippen molar-refractivity contribution in [3.05, 3.63) is 22.5 Å². The topological polar surface area (TPSA) is 101 Å². The molecule has 0 aliphatic carbocycles. The predicted octanol–water partition coefficient (Wildman–Crippen LogP) is -0.554. The van der Waals surface area contributed by atoms with Gasteiger partial charge in [-0.05, 0) is 12.5 Å². The molecule has 1 aromatic heterocycles. The maximum absolute atomic E-state index is 11.3. The van der Waals surface area contributed by atoms with Gasteiger partial charge < -0.3 is 11.1 Å². The van der Waals surface area contributed by atoms with E-state index in [4.69, 9.17) is 5.73 Å². The summed E-state index contributed by atoms with van der Waals surface area (Å²) in [5.41, 5.74) is 5.17. The van der Waals surface area contributed by atoms with E-state index in [1.165, 1.54) is 12.1 Å². The lowest BCUT2D eigenvalue weighted by molar-refractivity contribution is -0.117. The van der Waals surface area contributed by atoms with E-state index in [0.29, 0.717) is 12.2 Å². The Morgan fingerprint density at radius 3 is 2.93 bits per heavy atom. The second-order valence-electron chi connectivity index (χ2n) is 2.81. The maximum Gasteiger partial charge on any atom is 0.264 e. The van der Waals surface area contributed by atoms with Crippen molar-refractivity contribution in [1.29, 1.82) is 0 Å². The molecule has 1 rings (SSSR count). The second kappa shape index (κ2) is 4.52. The molecule has 1 atom stereocenters. The standard InChI is InChI=1S/C8H12N4O2/c1-2-5(9)8(14)10-6-3-4-7(13)12-11-6/h3-5H,2,9H2,1H3,(H,12,13)(H,10,11,14)/t5-/m1/s1. The van der Waals surface area contributed by atoms with Gasteiger partial charge in [0, 0.05) is 6.07 Å². The number of carbonyl (C=O) groups is 1. The van der Waals surface area contributed by atoms with Crippen molar-refractivity contribution in [2.75, 3.05) is 5.32 Å². The number of carbonyl (C=O) groups excluding carboxylic acids is 1. The van der Waals surface area contributed by atoms with Gasteiger partial charge in [-0.1, -0.05) is 6.92 Å². The van der Waals surface area contributed by atoms with Gasteiger partial charge in [0.25, 0.3) is 5.56 Å². The van der Waals surface area contributed by atoms with Crippen molar-refractivity contribution >= 4 is 11.7 Å². The molecule has 0 radical (unpaired) electrons. The van der Waals surface area contributed by atoms with Crippen LogP contribution in [0.2, 0.25) is 0 Å². The number of nitrogens with two attached hydrogens (primary N) is 1. The first-order valence-corrected chi connectivity index (χ1v) is 4.25. The predicted molar refractivity (Wildman–Crippen MR) is 51.8 cm³/mol. The number of anilines is 1. The normalized spacial score (nSPS) is 12.1. The van der Waals surface area contributed by atoms with E-state index in [9.17, 15) is 9.59 Å². The fourth-order valence-electron chi connectivity index (χ4n) is 0.818. The number of amides is 1. The lowest BCUT2D eigenvalue weighted by atomic mass is 10.2. The average Bonchev–Trinajstić information content (AvgIpc) is 2.20. The summed E-state index contributed by atoms with van der Waals surface area (Å²) in [6.45, 7) is 1.81. The second-order valence-corrected chi connectivity index (χ2v) is 2.81. The first-order chi connectivity index (χ1) is 6.63. The number of H-pyrrole nitrogens is 1. The van der Waals surface area contributed by atoms with Gasteiger partial charge in [0.1, 0.15) is 0 Å². The summed E-state index contributed by atoms with van der Waals surface area (Å²) in [7, 11) is 0. The third kappa shape index (κ3) is 2.67. The molecule has 1 amide bonds. The van der Waals surface area contributed by atoms with Gasteiger partial charge in [-0.3, -0.25) is 9.59 Å². The number of nitrogens with zero attached hydrogens (tertiary/aromatic N) is 1. The smallest absolute Gasteiger partial charge is 0.264 e. The summed E-state index contributed by atoms with van der Waals surface area (Å²) in [4.78, 5) is 21.9. The van der Waals surface area contributed by atoms with Gasteiger partial charge >= 0.3 is 0 Å². The Labute approximate surface area is 80.5 Å². The highest BCUT2D eigenvalue weighted by atomic mass is 16.2. The lowest BCUT2D eigenvalue weighted by Gasteiger charge is -2.08. The molecule has 14 heavy (non-hydrogen) atoms. The Kier molecular flexibility index (Phi) is 3.35. The van der Waals surface area contributed by atoms with E-state index in [-0.39, 0.29) is 11.5 Å². The molecule has 6 nitrogen and oxygen atoms in total. The third-order valence-corrected chi connectivity index (χ3v) is 1.71. The highest BCUT2D eigenvalue weighted by Crippen LogP contribution is 1.98. The first-order valence-electron chi connectivity index (χ1n) is 4.25. The van der Waals surface area contributed by atoms with Crippen molar-refractivity contribution in [3.63, 3.8) is 0 Å². The van der Waals surface area contributed by atoms with E-state index in [2.05, 4.69) is 15.5 Å². The zero-order valence-electron chi connectivity index (χ0n) is 7.78. The fourth-order valence-corrected chi connectivity index (χ4v) is 0.818. The quantitative estimate of drug-likeness (QED) is 0.603. The van der Waals surface area contributed by atoms with Crippen molar-refractivity contribution in [1.82, 2.24) is 10.2 Å². The Balaban J connectivity index is 2.65. The molecule has 0 saturated carbocycles. The molecule has 0 saturated heterocycles. The highest BCUT2D eigenvalue weighted by molar-refractivity contribution is 5.93. The van der Waals surface area contributed by atoms with Gasteiger partial charge in [0.05, 0.1) is 6.04 Å². The van der Waals surface area contributed by atoms with E-state index in [1.54, 1.807) is 0 Å². The highest BCUT2D eigenvalue weighted by Gasteiger charge is 2.11. The van der Waals surface area contributed by atoms with Gasteiger partial charge in [0.2, 0.25) is 5.91 Å². The molecule has 1 heterocycles. The Morgan fingerprint density at radius 1 is 1.71 bits per heavy atom. The van der Waals surface area contributed by atoms with Crippen LogP contribution in [-0.4, -0.2) is 22.1 Å². The Hall–Kier alpha value is -1.69. The van der Waals surface area contributed by atoms with Crippen molar-refractivity contribution < 1.29 is 4.79 Å². The number of aromatic amines is 1. The number of rotatable bonds is 3. The molecule has 0 aliphatic rings. The van der Waals surface area contributed by atoms with Gasteiger partial charge in [-0.2, -0.15) is 5.10 Å². The molecule has 0 unspecified atom stereocenters. The average molecular weight is 196 g/mol. The minimum absolute atomic E-state index is 0.290. The number of nitrogens with one attached hydrogen (secondary N) is 2. The van der Waals surface area contributed by atoms with Crippen LogP contribution in [0.5, 0.6) is 0 Å². The summed E-state index contributed by atoms with van der Waals surface area (Å²) in [5.74, 6) is -0.0226. The molecule has 0 fully saturated rings. The van der Waals surface area contributed by atoms with E-state index >= 15 is 0 Å². The first kappa shape index (κ1) is 10.4. The summed E-state index contributed by atoms with van der Waals surface area (Å²) in [6.07, 6.45) is 0.551. The van der Waals surface area contributed by atoms with Crippen molar-refractivity contribution in [2.45, 2.75) is 19.4 Å². The minimum atomic E-state index is -0.552. The van der Waals surface area contributed by atoms with Crippen LogP contribution in [0.15, 0.2) is 16.9 Å². The fraction of sp³-hybridized carbons (Fsp3) is 0.375. The summed E-state index contributed by atoms with van der Waals surface area (Å²) >= 11 is 0. The van der Waals surface area contributed by atoms with Crippen LogP contribution >= 0.6 is 0 Å². The van der Waals surface area contributed by atoms with Crippen LogP contribution in [0.3, 0.4) is 0 Å². The monoisotopic (exact) mass is 196 g/mol. The number of hydrogen-bond acceptors (Lipinski definition) is 4. The molecule has 4 N–H and O–H groups in total. The van der Waals surface area contributed by atoms with E-state index in [0.717, 1.165) is 0 Å². The molecule has 0 aromatic carbocycles. The van der Waals surface area contributed by atoms with E-state index < -0.39 is 6.04 Å². The molecular weight excluding hydrogens is 184 g/mol. The van der Waals surface area contributed by atoms with Crippen LogP contribution in [0.1, 0.15) is 13.3 Å². The van der Waals surface area contributed by atoms with Crippen LogP contribution < -0.4 is 16.6 Å². The summed E-state index contributed by atoms with van der Waals surface area (Å²) in [6, 6.07) is 2.14. The van der Waals surface area contributed by atoms with Crippen LogP contribution in [0, 0.1) is 0 Å². The Morgan fingerprint density at radius 2 is 2.43 bits per heavy atom. The molecule has 6 heteroatoms. The largest absolute Gasteiger partial charge is 0.320 e. The maximum atomic E-state index is 11.3. The van der Waals surface area contributed by atoms with Gasteiger partial charge in [0.15, 0.2) is 5.82 Å². The number of aromatic nitrogens is 2. The minimum Gasteiger partial charge on any atom is -0.320 e. The summed E-state index contributed by atoms with van der Waals surface area (Å²) in [5, 5.41) is 8.29. The zero-order valence-corrected chi connectivity index (χ0v) is 7.78. The molecule has 0 bridgehead atoms. The molecule has 0 spiro atoms. The summed E-state index contributed by atoms with van der Waals surface area (Å²) < 4.78 is 0. The molecular formula is C8H12N4O2. The van der Waals surface area contributed by atoms with E-state index in [1.807, 2.05) is 6.92 Å². The lowest BCUT2D eigenvalue weighted by Crippen LogP contribution is -2.35. The van der Waals surface area contributed by atoms with Crippen LogP contribution in [0.25, 0.3) is 0 Å². The molecule has 76 valence electrons. The van der Waals surface area contributed by atoms with Crippen LogP contribution in [-0.2, 0) is 4.79 Å². The van der Waals surface area contributed by atoms with Crippen molar-refractivity contribution in [2.24, 2.45) is 5.73 Å². The van der Waals surface area contributed by atoms with Crippen molar-refractivity contribution in [3.8, 4) is 0 Å².